The lowest BCUT2D eigenvalue weighted by Crippen LogP contribution is -2.27. The zero-order valence-electron chi connectivity index (χ0n) is 9.70. The number of ketones is 1. The number of nitrogens with zero attached hydrogens (tertiary/aromatic N) is 2. The molecule has 0 spiro atoms. The number of imidazole rings is 1. The van der Waals surface area contributed by atoms with Gasteiger partial charge in [-0.1, -0.05) is 13.0 Å². The highest BCUT2D eigenvalue weighted by atomic mass is 16.6. The first kappa shape index (κ1) is 11.8. The van der Waals surface area contributed by atoms with Gasteiger partial charge in [0.1, 0.15) is 11.3 Å². The lowest BCUT2D eigenvalue weighted by molar-refractivity contribution is -0.0974. The summed E-state index contributed by atoms with van der Waals surface area (Å²) in [5.74, 6) is -0.821. The fourth-order valence-corrected chi connectivity index (χ4v) is 1.68. The van der Waals surface area contributed by atoms with Crippen molar-refractivity contribution in [3.8, 4) is 0 Å². The molecule has 0 aromatic carbocycles. The number of Topliss-reactive ketones (excluding diaryl/α,β-unsaturated/α-hetero) is 1. The normalized spacial score (nSPS) is 14.8. The van der Waals surface area contributed by atoms with Crippen molar-refractivity contribution in [1.29, 1.82) is 0 Å². The minimum atomic E-state index is -1.10. The third-order valence-corrected chi connectivity index (χ3v) is 2.75. The number of hydrogen-bond donors (Lipinski definition) is 1. The summed E-state index contributed by atoms with van der Waals surface area (Å²) in [6, 6.07) is 5.49. The molecule has 5 heteroatoms. The number of carbonyl (C=O) groups excluding carboxylic acids is 1. The smallest absolute Gasteiger partial charge is 0.189 e. The molecule has 2 aromatic heterocycles. The Kier molecular flexibility index (Phi) is 3.21. The van der Waals surface area contributed by atoms with Crippen LogP contribution in [-0.4, -0.2) is 33.7 Å². The summed E-state index contributed by atoms with van der Waals surface area (Å²) in [5.41, 5.74) is 1.15. The van der Waals surface area contributed by atoms with E-state index in [2.05, 4.69) is 4.98 Å². The van der Waals surface area contributed by atoms with Crippen molar-refractivity contribution in [2.75, 3.05) is 7.11 Å². The van der Waals surface area contributed by atoms with Crippen LogP contribution in [-0.2, 0) is 4.74 Å². The second-order valence-corrected chi connectivity index (χ2v) is 3.85. The fourth-order valence-electron chi connectivity index (χ4n) is 1.68. The van der Waals surface area contributed by atoms with Gasteiger partial charge >= 0.3 is 0 Å². The summed E-state index contributed by atoms with van der Waals surface area (Å²) in [7, 11) is 1.36. The van der Waals surface area contributed by atoms with Gasteiger partial charge in [0.05, 0.1) is 12.1 Å². The van der Waals surface area contributed by atoms with Gasteiger partial charge in [0.2, 0.25) is 0 Å². The monoisotopic (exact) mass is 234 g/mol. The Hall–Kier alpha value is -1.72. The molecular formula is C12H14N2O3. The van der Waals surface area contributed by atoms with Gasteiger partial charge in [-0.2, -0.15) is 0 Å². The molecule has 0 aliphatic heterocycles. The van der Waals surface area contributed by atoms with Crippen molar-refractivity contribution in [3.05, 3.63) is 36.3 Å². The lowest BCUT2D eigenvalue weighted by atomic mass is 10.0. The topological polar surface area (TPSA) is 63.8 Å². The van der Waals surface area contributed by atoms with Gasteiger partial charge in [-0.3, -0.25) is 9.20 Å². The Morgan fingerprint density at radius 2 is 2.29 bits per heavy atom. The van der Waals surface area contributed by atoms with E-state index in [9.17, 15) is 9.90 Å². The van der Waals surface area contributed by atoms with E-state index in [1.54, 1.807) is 17.5 Å². The number of aliphatic hydroxyl groups excluding tert-OH is 1. The number of ether oxygens (including phenoxy) is 1. The predicted octanol–water partition coefficient (Wildman–Crippen LogP) is 1.12. The van der Waals surface area contributed by atoms with Crippen molar-refractivity contribution < 1.29 is 14.6 Å². The molecule has 0 bridgehead atoms. The number of aromatic nitrogens is 2. The SMILES string of the molecule is CO[C@H](O)[C@@H](C)C(=O)c1cnc2ccccn12. The van der Waals surface area contributed by atoms with Crippen LogP contribution < -0.4 is 0 Å². The van der Waals surface area contributed by atoms with E-state index >= 15 is 0 Å². The van der Waals surface area contributed by atoms with Crippen molar-refractivity contribution >= 4 is 11.4 Å². The Bertz CT molecular complexity index is 535. The van der Waals surface area contributed by atoms with Gasteiger partial charge in [0, 0.05) is 13.3 Å². The first-order valence-corrected chi connectivity index (χ1v) is 5.32. The van der Waals surface area contributed by atoms with Crippen molar-refractivity contribution in [1.82, 2.24) is 9.38 Å². The minimum absolute atomic E-state index is 0.196. The van der Waals surface area contributed by atoms with Crippen LogP contribution in [0.4, 0.5) is 0 Å². The molecule has 0 aliphatic rings. The summed E-state index contributed by atoms with van der Waals surface area (Å²) in [5, 5.41) is 9.50. The molecule has 0 aliphatic carbocycles. The van der Waals surface area contributed by atoms with E-state index in [-0.39, 0.29) is 5.78 Å². The molecule has 17 heavy (non-hydrogen) atoms. The number of carbonyl (C=O) groups is 1. The minimum Gasteiger partial charge on any atom is -0.367 e. The average molecular weight is 234 g/mol. The van der Waals surface area contributed by atoms with Gasteiger partial charge in [0.25, 0.3) is 0 Å². The average Bonchev–Trinajstić information content (AvgIpc) is 2.79. The van der Waals surface area contributed by atoms with Gasteiger partial charge in [-0.25, -0.2) is 4.98 Å². The number of hydrogen-bond acceptors (Lipinski definition) is 4. The van der Waals surface area contributed by atoms with Gasteiger partial charge in [0.15, 0.2) is 12.1 Å². The Balaban J connectivity index is 2.37. The number of methoxy groups -OCH3 is 1. The van der Waals surface area contributed by atoms with Crippen LogP contribution in [0.5, 0.6) is 0 Å². The van der Waals surface area contributed by atoms with E-state index in [0.29, 0.717) is 11.3 Å². The highest BCUT2D eigenvalue weighted by Gasteiger charge is 2.25. The van der Waals surface area contributed by atoms with Crippen LogP contribution in [0.2, 0.25) is 0 Å². The molecule has 0 unspecified atom stereocenters. The summed E-state index contributed by atoms with van der Waals surface area (Å²) >= 11 is 0. The van der Waals surface area contributed by atoms with E-state index in [1.807, 2.05) is 18.2 Å². The van der Waals surface area contributed by atoms with E-state index in [0.717, 1.165) is 0 Å². The van der Waals surface area contributed by atoms with Gasteiger partial charge < -0.3 is 9.84 Å². The molecule has 0 amide bonds. The maximum absolute atomic E-state index is 12.1. The summed E-state index contributed by atoms with van der Waals surface area (Å²) < 4.78 is 6.44. The number of aliphatic hydroxyl groups is 1. The molecule has 2 atom stereocenters. The molecule has 0 saturated carbocycles. The molecule has 2 rings (SSSR count). The van der Waals surface area contributed by atoms with Crippen molar-refractivity contribution in [2.45, 2.75) is 13.2 Å². The quantitative estimate of drug-likeness (QED) is 0.636. The second kappa shape index (κ2) is 4.65. The molecule has 2 aromatic rings. The van der Waals surface area contributed by atoms with E-state index in [4.69, 9.17) is 4.74 Å². The van der Waals surface area contributed by atoms with Crippen LogP contribution >= 0.6 is 0 Å². The molecular weight excluding hydrogens is 220 g/mol. The summed E-state index contributed by atoms with van der Waals surface area (Å²) in [4.78, 5) is 16.2. The highest BCUT2D eigenvalue weighted by Crippen LogP contribution is 2.14. The highest BCUT2D eigenvalue weighted by molar-refractivity contribution is 5.97. The Labute approximate surface area is 98.7 Å². The Morgan fingerprint density at radius 1 is 1.53 bits per heavy atom. The van der Waals surface area contributed by atoms with Crippen LogP contribution in [0, 0.1) is 5.92 Å². The van der Waals surface area contributed by atoms with Crippen LogP contribution in [0.15, 0.2) is 30.6 Å². The molecule has 1 N–H and O–H groups in total. The fraction of sp³-hybridized carbons (Fsp3) is 0.333. The van der Waals surface area contributed by atoms with Gasteiger partial charge in [-0.15, -0.1) is 0 Å². The van der Waals surface area contributed by atoms with Crippen LogP contribution in [0.25, 0.3) is 5.65 Å². The third kappa shape index (κ3) is 2.07. The standard InChI is InChI=1S/C12H14N2O3/c1-8(12(16)17-2)11(15)9-7-13-10-5-3-4-6-14(9)10/h3-8,12,16H,1-2H3/t8-,12-/m0/s1. The van der Waals surface area contributed by atoms with Crippen LogP contribution in [0.3, 0.4) is 0 Å². The van der Waals surface area contributed by atoms with Crippen LogP contribution in [0.1, 0.15) is 17.4 Å². The van der Waals surface area contributed by atoms with Crippen molar-refractivity contribution in [2.24, 2.45) is 5.92 Å². The molecule has 0 fully saturated rings. The van der Waals surface area contributed by atoms with Crippen molar-refractivity contribution in [3.63, 3.8) is 0 Å². The summed E-state index contributed by atoms with van der Waals surface area (Å²) in [6.07, 6.45) is 2.18. The zero-order chi connectivity index (χ0) is 12.4. The predicted molar refractivity (Wildman–Crippen MR) is 61.7 cm³/mol. The number of rotatable bonds is 4. The van der Waals surface area contributed by atoms with E-state index in [1.165, 1.54) is 13.3 Å². The molecule has 5 nitrogen and oxygen atoms in total. The third-order valence-electron chi connectivity index (χ3n) is 2.75. The number of fused-ring (bicyclic) bond motifs is 1. The first-order chi connectivity index (χ1) is 8.15. The molecule has 90 valence electrons. The zero-order valence-corrected chi connectivity index (χ0v) is 9.70. The molecule has 2 heterocycles. The number of pyridine rings is 1. The maximum atomic E-state index is 12.1. The second-order valence-electron chi connectivity index (χ2n) is 3.85. The Morgan fingerprint density at radius 3 is 3.00 bits per heavy atom. The van der Waals surface area contributed by atoms with Gasteiger partial charge in [-0.05, 0) is 12.1 Å². The largest absolute Gasteiger partial charge is 0.367 e. The molecule has 0 saturated heterocycles. The maximum Gasteiger partial charge on any atom is 0.189 e. The van der Waals surface area contributed by atoms with E-state index < -0.39 is 12.2 Å². The first-order valence-electron chi connectivity index (χ1n) is 5.32. The summed E-state index contributed by atoms with van der Waals surface area (Å²) in [6.45, 7) is 1.62. The molecule has 0 radical (unpaired) electrons. The lowest BCUT2D eigenvalue weighted by Gasteiger charge is -2.15.